The first-order valence-electron chi connectivity index (χ1n) is 15.4. The summed E-state index contributed by atoms with van der Waals surface area (Å²) >= 11 is 0. The van der Waals surface area contributed by atoms with Crippen LogP contribution in [0.3, 0.4) is 0 Å². The number of carboxylic acids is 1. The van der Waals surface area contributed by atoms with Crippen molar-refractivity contribution in [2.75, 3.05) is 27.2 Å². The monoisotopic (exact) mass is 623 g/mol. The van der Waals surface area contributed by atoms with Gasteiger partial charge in [-0.2, -0.15) is 0 Å². The smallest absolute Gasteiger partial charge is 0.308 e. The maximum absolute atomic E-state index is 13.9. The predicted octanol–water partition coefficient (Wildman–Crippen LogP) is 0.381. The number of ether oxygens (including phenoxy) is 1. The summed E-state index contributed by atoms with van der Waals surface area (Å²) in [5.74, 6) is -6.46. The van der Waals surface area contributed by atoms with Gasteiger partial charge in [0.05, 0.1) is 12.3 Å². The number of hydrogen-bond acceptors (Lipinski definition) is 8. The number of carboxylic acid groups (broad SMARTS) is 1. The molecule has 248 valence electrons. The minimum Gasteiger partial charge on any atom is -0.481 e. The number of carbonyl (C=O) groups is 7. The lowest BCUT2D eigenvalue weighted by Gasteiger charge is -2.38. The van der Waals surface area contributed by atoms with Crippen LogP contribution in [-0.4, -0.2) is 119 Å². The second-order valence-electron chi connectivity index (χ2n) is 12.3. The van der Waals surface area contributed by atoms with E-state index in [1.54, 1.807) is 20.8 Å². The summed E-state index contributed by atoms with van der Waals surface area (Å²) < 4.78 is 5.44. The summed E-state index contributed by atoms with van der Waals surface area (Å²) in [6.07, 6.45) is -0.787. The largest absolute Gasteiger partial charge is 0.481 e. The van der Waals surface area contributed by atoms with Gasteiger partial charge >= 0.3 is 11.9 Å². The van der Waals surface area contributed by atoms with E-state index in [1.165, 1.54) is 42.6 Å². The van der Waals surface area contributed by atoms with Gasteiger partial charge in [-0.05, 0) is 31.6 Å². The third kappa shape index (κ3) is 8.69. The minimum absolute atomic E-state index is 0.156. The first-order valence-corrected chi connectivity index (χ1v) is 15.4. The van der Waals surface area contributed by atoms with Crippen LogP contribution < -0.4 is 10.6 Å². The van der Waals surface area contributed by atoms with Gasteiger partial charge in [-0.25, -0.2) is 0 Å². The van der Waals surface area contributed by atoms with Crippen LogP contribution in [0.1, 0.15) is 73.6 Å². The van der Waals surface area contributed by atoms with Crippen LogP contribution in [0.25, 0.3) is 0 Å². The van der Waals surface area contributed by atoms with Crippen LogP contribution in [0.15, 0.2) is 0 Å². The van der Waals surface area contributed by atoms with E-state index in [4.69, 9.17) is 4.74 Å². The zero-order valence-electron chi connectivity index (χ0n) is 27.1. The van der Waals surface area contributed by atoms with Gasteiger partial charge in [-0.1, -0.05) is 41.0 Å². The second kappa shape index (κ2) is 15.8. The van der Waals surface area contributed by atoms with Crippen molar-refractivity contribution in [2.24, 2.45) is 17.8 Å². The molecule has 2 heterocycles. The number of hydrogen-bond donors (Lipinski definition) is 3. The van der Waals surface area contributed by atoms with E-state index in [-0.39, 0.29) is 37.8 Å². The highest BCUT2D eigenvalue weighted by Crippen LogP contribution is 2.24. The Morgan fingerprint density at radius 3 is 2.18 bits per heavy atom. The van der Waals surface area contributed by atoms with Gasteiger partial charge in [0.25, 0.3) is 5.91 Å². The van der Waals surface area contributed by atoms with E-state index in [0.717, 1.165) is 0 Å². The van der Waals surface area contributed by atoms with Crippen molar-refractivity contribution in [1.82, 2.24) is 25.3 Å². The Kier molecular flexibility index (Phi) is 13.1. The highest BCUT2D eigenvalue weighted by molar-refractivity contribution is 5.96. The van der Waals surface area contributed by atoms with Crippen LogP contribution >= 0.6 is 0 Å². The molecule has 3 N–H and O–H groups in total. The zero-order valence-corrected chi connectivity index (χ0v) is 27.1. The normalized spacial score (nSPS) is 28.4. The molecule has 44 heavy (non-hydrogen) atoms. The summed E-state index contributed by atoms with van der Waals surface area (Å²) in [5, 5.41) is 14.9. The number of cyclic esters (lactones) is 1. The molecule has 5 amide bonds. The Morgan fingerprint density at radius 1 is 0.977 bits per heavy atom. The molecule has 0 bridgehead atoms. The molecular weight excluding hydrogens is 574 g/mol. The number of carbonyl (C=O) groups excluding carboxylic acids is 6. The fourth-order valence-electron chi connectivity index (χ4n) is 5.52. The van der Waals surface area contributed by atoms with Crippen molar-refractivity contribution >= 4 is 41.5 Å². The summed E-state index contributed by atoms with van der Waals surface area (Å²) in [7, 11) is 2.95. The Hall–Kier alpha value is -3.71. The van der Waals surface area contributed by atoms with E-state index in [0.29, 0.717) is 19.3 Å². The van der Waals surface area contributed by atoms with Crippen molar-refractivity contribution in [2.45, 2.75) is 104 Å². The Morgan fingerprint density at radius 2 is 1.61 bits per heavy atom. The van der Waals surface area contributed by atoms with Crippen LogP contribution in [0.5, 0.6) is 0 Å². The first-order chi connectivity index (χ1) is 20.5. The van der Waals surface area contributed by atoms with Gasteiger partial charge in [-0.15, -0.1) is 0 Å². The maximum atomic E-state index is 13.9. The van der Waals surface area contributed by atoms with Crippen LogP contribution in [0.2, 0.25) is 0 Å². The van der Waals surface area contributed by atoms with E-state index in [9.17, 15) is 38.7 Å². The Bertz CT molecular complexity index is 1110. The van der Waals surface area contributed by atoms with Gasteiger partial charge in [0.15, 0.2) is 6.10 Å². The van der Waals surface area contributed by atoms with Crippen molar-refractivity contribution in [3.8, 4) is 0 Å². The van der Waals surface area contributed by atoms with E-state index in [2.05, 4.69) is 10.6 Å². The molecule has 0 aromatic carbocycles. The SMILES string of the molecule is CC[C@H](C)[C@@H]1NC(=O)[C@H]2CCCN2C(=O)[C@@H](C[C@@H](C)C(=O)O)OC(=O)CCNC(=O)[C@@H](C)N(C)C(=O)[C@@H](C(C)C)N(C)C1=O. The van der Waals surface area contributed by atoms with Crippen molar-refractivity contribution in [3.05, 3.63) is 0 Å². The molecule has 0 spiro atoms. The average Bonchev–Trinajstić information content (AvgIpc) is 3.46. The zero-order chi connectivity index (χ0) is 33.5. The highest BCUT2D eigenvalue weighted by Gasteiger charge is 2.43. The number of nitrogens with one attached hydrogen (secondary N) is 2. The van der Waals surface area contributed by atoms with Gasteiger partial charge in [0.1, 0.15) is 24.2 Å². The van der Waals surface area contributed by atoms with Crippen LogP contribution in [0, 0.1) is 17.8 Å². The molecule has 0 aromatic rings. The molecule has 2 aliphatic heterocycles. The molecule has 2 fully saturated rings. The molecule has 0 saturated carbocycles. The van der Waals surface area contributed by atoms with E-state index in [1.807, 2.05) is 6.92 Å². The lowest BCUT2D eigenvalue weighted by molar-refractivity contribution is -0.164. The molecule has 7 atom stereocenters. The highest BCUT2D eigenvalue weighted by atomic mass is 16.5. The molecule has 14 heteroatoms. The third-order valence-electron chi connectivity index (χ3n) is 8.74. The van der Waals surface area contributed by atoms with Crippen molar-refractivity contribution in [1.29, 1.82) is 0 Å². The molecule has 2 saturated heterocycles. The van der Waals surface area contributed by atoms with Gasteiger partial charge < -0.3 is 35.2 Å². The number of esters is 1. The summed E-state index contributed by atoms with van der Waals surface area (Å²) in [6.45, 7) is 10.2. The molecule has 14 nitrogen and oxygen atoms in total. The fraction of sp³-hybridized carbons (Fsp3) is 0.767. The van der Waals surface area contributed by atoms with Crippen LogP contribution in [-0.2, 0) is 38.3 Å². The first kappa shape index (κ1) is 36.5. The molecule has 0 unspecified atom stereocenters. The number of aliphatic carboxylic acids is 1. The minimum atomic E-state index is -1.47. The van der Waals surface area contributed by atoms with Gasteiger partial charge in [0, 0.05) is 33.6 Å². The maximum Gasteiger partial charge on any atom is 0.308 e. The molecule has 2 rings (SSSR count). The molecule has 2 aliphatic rings. The average molecular weight is 624 g/mol. The quantitative estimate of drug-likeness (QED) is 0.352. The van der Waals surface area contributed by atoms with Gasteiger partial charge in [0.2, 0.25) is 23.6 Å². The topological polar surface area (TPSA) is 183 Å². The lowest BCUT2D eigenvalue weighted by Crippen LogP contribution is -2.60. The van der Waals surface area contributed by atoms with E-state index >= 15 is 0 Å². The number of likely N-dealkylation sites (N-methyl/N-ethyl adjacent to an activating group) is 2. The standard InChI is InChI=1S/C30H49N5O9/c1-9-17(4)23-28(40)34(8)24(16(2)3)29(41)33(7)19(6)25(37)31-13-12-22(36)44-21(15-18(5)30(42)43)27(39)35-14-10-11-20(35)26(38)32-23/h16-21,23-24H,9-15H2,1-8H3,(H,31,37)(H,32,38)(H,42,43)/t17-,18+,19+,20+,21+,23-,24+/m0/s1. The van der Waals surface area contributed by atoms with Crippen molar-refractivity contribution in [3.63, 3.8) is 0 Å². The predicted molar refractivity (Wildman–Crippen MR) is 159 cm³/mol. The Balaban J connectivity index is 2.56. The number of fused-ring (bicyclic) bond motifs is 1. The molecule has 0 radical (unpaired) electrons. The number of nitrogens with zero attached hydrogens (tertiary/aromatic N) is 3. The number of amides is 5. The number of rotatable bonds is 6. The third-order valence-corrected chi connectivity index (χ3v) is 8.74. The second-order valence-corrected chi connectivity index (χ2v) is 12.3. The summed E-state index contributed by atoms with van der Waals surface area (Å²) in [5.41, 5.74) is 0. The van der Waals surface area contributed by atoms with Crippen LogP contribution in [0.4, 0.5) is 0 Å². The molecular formula is C30H49N5O9. The van der Waals surface area contributed by atoms with E-state index < -0.39 is 77.7 Å². The molecule has 0 aromatic heterocycles. The fourth-order valence-corrected chi connectivity index (χ4v) is 5.52. The van der Waals surface area contributed by atoms with Gasteiger partial charge in [-0.3, -0.25) is 33.6 Å². The summed E-state index contributed by atoms with van der Waals surface area (Å²) in [6, 6.07) is -3.87. The summed E-state index contributed by atoms with van der Waals surface area (Å²) in [4.78, 5) is 96.0. The lowest BCUT2D eigenvalue weighted by atomic mass is 9.94. The molecule has 0 aliphatic carbocycles. The Labute approximate surface area is 259 Å². The van der Waals surface area contributed by atoms with Crippen molar-refractivity contribution < 1.29 is 43.4 Å².